The van der Waals surface area contributed by atoms with Crippen molar-refractivity contribution in [1.82, 2.24) is 5.32 Å². The molecule has 1 aromatic carbocycles. The van der Waals surface area contributed by atoms with Crippen LogP contribution in [0.3, 0.4) is 0 Å². The van der Waals surface area contributed by atoms with Crippen molar-refractivity contribution in [2.75, 3.05) is 18.5 Å². The number of anilines is 1. The Kier molecular flexibility index (Phi) is 4.58. The van der Waals surface area contributed by atoms with E-state index in [1.165, 1.54) is 19.8 Å². The van der Waals surface area contributed by atoms with Crippen LogP contribution in [0.4, 0.5) is 5.69 Å². The first kappa shape index (κ1) is 13.6. The Bertz CT molecular complexity index is 467. The van der Waals surface area contributed by atoms with E-state index in [1.54, 1.807) is 0 Å². The molecule has 1 aliphatic carbocycles. The third-order valence-electron chi connectivity index (χ3n) is 2.85. The topological polar surface area (TPSA) is 50.4 Å². The molecule has 0 atom stereocenters. The zero-order valence-electron chi connectivity index (χ0n) is 11.2. The van der Waals surface area contributed by atoms with Gasteiger partial charge in [-0.15, -0.1) is 0 Å². The number of hydrogen-bond acceptors (Lipinski definition) is 3. The maximum atomic E-state index is 11.1. The van der Waals surface area contributed by atoms with Crippen molar-refractivity contribution in [3.05, 3.63) is 36.4 Å². The molecule has 0 saturated heterocycles. The SMILES string of the molecule is C=C(CNC1CC1)COc1ccccc1NC(C)=O. The van der Waals surface area contributed by atoms with E-state index >= 15 is 0 Å². The second-order valence-corrected chi connectivity index (χ2v) is 4.87. The van der Waals surface area contributed by atoms with Gasteiger partial charge in [-0.25, -0.2) is 0 Å². The monoisotopic (exact) mass is 260 g/mol. The molecule has 2 N–H and O–H groups in total. The highest BCUT2D eigenvalue weighted by molar-refractivity contribution is 5.90. The van der Waals surface area contributed by atoms with Gasteiger partial charge in [0.1, 0.15) is 12.4 Å². The number of ether oxygens (including phenoxy) is 1. The van der Waals surface area contributed by atoms with Crippen LogP contribution in [0.15, 0.2) is 36.4 Å². The minimum Gasteiger partial charge on any atom is -0.487 e. The van der Waals surface area contributed by atoms with Gasteiger partial charge in [0.25, 0.3) is 0 Å². The van der Waals surface area contributed by atoms with Gasteiger partial charge in [-0.1, -0.05) is 18.7 Å². The maximum absolute atomic E-state index is 11.1. The van der Waals surface area contributed by atoms with Crippen LogP contribution in [0.1, 0.15) is 19.8 Å². The summed E-state index contributed by atoms with van der Waals surface area (Å²) in [6.45, 7) is 6.71. The van der Waals surface area contributed by atoms with Crippen molar-refractivity contribution in [2.45, 2.75) is 25.8 Å². The smallest absolute Gasteiger partial charge is 0.221 e. The van der Waals surface area contributed by atoms with E-state index in [9.17, 15) is 4.79 Å². The molecular weight excluding hydrogens is 240 g/mol. The van der Waals surface area contributed by atoms with Crippen LogP contribution in [-0.2, 0) is 4.79 Å². The summed E-state index contributed by atoms with van der Waals surface area (Å²) >= 11 is 0. The summed E-state index contributed by atoms with van der Waals surface area (Å²) < 4.78 is 5.70. The lowest BCUT2D eigenvalue weighted by Crippen LogP contribution is -2.21. The molecule has 1 aliphatic rings. The summed E-state index contributed by atoms with van der Waals surface area (Å²) in [7, 11) is 0. The van der Waals surface area contributed by atoms with Crippen molar-refractivity contribution in [3.63, 3.8) is 0 Å². The van der Waals surface area contributed by atoms with E-state index in [0.29, 0.717) is 24.1 Å². The van der Waals surface area contributed by atoms with E-state index in [0.717, 1.165) is 12.1 Å². The van der Waals surface area contributed by atoms with E-state index < -0.39 is 0 Å². The molecule has 0 bridgehead atoms. The van der Waals surface area contributed by atoms with Crippen LogP contribution in [0.2, 0.25) is 0 Å². The lowest BCUT2D eigenvalue weighted by Gasteiger charge is -2.13. The normalized spacial score (nSPS) is 13.9. The van der Waals surface area contributed by atoms with E-state index in [4.69, 9.17) is 4.74 Å². The predicted molar refractivity (Wildman–Crippen MR) is 76.4 cm³/mol. The molecule has 0 heterocycles. The second-order valence-electron chi connectivity index (χ2n) is 4.87. The first-order valence-electron chi connectivity index (χ1n) is 6.54. The predicted octanol–water partition coefficient (Wildman–Crippen LogP) is 2.33. The Morgan fingerprint density at radius 1 is 1.42 bits per heavy atom. The molecule has 0 aromatic heterocycles. The van der Waals surface area contributed by atoms with Gasteiger partial charge in [0.2, 0.25) is 5.91 Å². The molecule has 1 saturated carbocycles. The van der Waals surface area contributed by atoms with Crippen molar-refractivity contribution < 1.29 is 9.53 Å². The maximum Gasteiger partial charge on any atom is 0.221 e. The average molecular weight is 260 g/mol. The number of hydrogen-bond donors (Lipinski definition) is 2. The molecule has 0 unspecified atom stereocenters. The van der Waals surface area contributed by atoms with Gasteiger partial charge in [-0.2, -0.15) is 0 Å². The molecule has 0 radical (unpaired) electrons. The molecule has 0 spiro atoms. The summed E-state index contributed by atoms with van der Waals surface area (Å²) in [6, 6.07) is 8.07. The van der Waals surface area contributed by atoms with Gasteiger partial charge in [0, 0.05) is 19.5 Å². The molecular formula is C15H20N2O2. The van der Waals surface area contributed by atoms with Crippen LogP contribution < -0.4 is 15.4 Å². The number of rotatable bonds is 7. The molecule has 0 aliphatic heterocycles. The number of amides is 1. The Morgan fingerprint density at radius 3 is 2.84 bits per heavy atom. The number of para-hydroxylation sites is 2. The molecule has 2 rings (SSSR count). The Balaban J connectivity index is 1.83. The van der Waals surface area contributed by atoms with Gasteiger partial charge in [-0.3, -0.25) is 4.79 Å². The summed E-state index contributed by atoms with van der Waals surface area (Å²) in [4.78, 5) is 11.1. The summed E-state index contributed by atoms with van der Waals surface area (Å²) in [5.41, 5.74) is 1.70. The summed E-state index contributed by atoms with van der Waals surface area (Å²) in [5.74, 6) is 0.565. The van der Waals surface area contributed by atoms with E-state index in [2.05, 4.69) is 17.2 Å². The van der Waals surface area contributed by atoms with Crippen LogP contribution in [-0.4, -0.2) is 25.1 Å². The molecule has 1 fully saturated rings. The Labute approximate surface area is 113 Å². The molecule has 1 aromatic rings. The summed E-state index contributed by atoms with van der Waals surface area (Å²) in [5, 5.41) is 6.14. The summed E-state index contributed by atoms with van der Waals surface area (Å²) in [6.07, 6.45) is 2.53. The van der Waals surface area contributed by atoms with Crippen molar-refractivity contribution in [3.8, 4) is 5.75 Å². The van der Waals surface area contributed by atoms with Gasteiger partial charge in [0.05, 0.1) is 5.69 Å². The highest BCUT2D eigenvalue weighted by Crippen LogP contribution is 2.24. The van der Waals surface area contributed by atoms with Gasteiger partial charge < -0.3 is 15.4 Å². The van der Waals surface area contributed by atoms with E-state index in [-0.39, 0.29) is 5.91 Å². The largest absolute Gasteiger partial charge is 0.487 e. The van der Waals surface area contributed by atoms with Crippen LogP contribution >= 0.6 is 0 Å². The minimum absolute atomic E-state index is 0.106. The zero-order valence-corrected chi connectivity index (χ0v) is 11.2. The standard InChI is InChI=1S/C15H20N2O2/c1-11(9-16-13-7-8-13)10-19-15-6-4-3-5-14(15)17-12(2)18/h3-6,13,16H,1,7-10H2,2H3,(H,17,18). The molecule has 1 amide bonds. The second kappa shape index (κ2) is 6.38. The third kappa shape index (κ3) is 4.75. The number of benzene rings is 1. The fourth-order valence-electron chi connectivity index (χ4n) is 1.69. The molecule has 4 nitrogen and oxygen atoms in total. The highest BCUT2D eigenvalue weighted by Gasteiger charge is 2.20. The Morgan fingerprint density at radius 2 is 2.16 bits per heavy atom. The number of carbonyl (C=O) groups excluding carboxylic acids is 1. The fourth-order valence-corrected chi connectivity index (χ4v) is 1.69. The lowest BCUT2D eigenvalue weighted by molar-refractivity contribution is -0.114. The quantitative estimate of drug-likeness (QED) is 0.740. The number of carbonyl (C=O) groups is 1. The minimum atomic E-state index is -0.106. The number of nitrogens with one attached hydrogen (secondary N) is 2. The average Bonchev–Trinajstić information content (AvgIpc) is 3.18. The Hall–Kier alpha value is -1.81. The van der Waals surface area contributed by atoms with Gasteiger partial charge >= 0.3 is 0 Å². The van der Waals surface area contributed by atoms with Gasteiger partial charge in [-0.05, 0) is 30.5 Å². The van der Waals surface area contributed by atoms with Crippen molar-refractivity contribution >= 4 is 11.6 Å². The molecule has 19 heavy (non-hydrogen) atoms. The van der Waals surface area contributed by atoms with Crippen molar-refractivity contribution in [2.24, 2.45) is 0 Å². The van der Waals surface area contributed by atoms with Crippen LogP contribution in [0.5, 0.6) is 5.75 Å². The van der Waals surface area contributed by atoms with Gasteiger partial charge in [0.15, 0.2) is 0 Å². The zero-order chi connectivity index (χ0) is 13.7. The first-order chi connectivity index (χ1) is 9.15. The van der Waals surface area contributed by atoms with Crippen LogP contribution in [0, 0.1) is 0 Å². The van der Waals surface area contributed by atoms with E-state index in [1.807, 2.05) is 24.3 Å². The molecule has 102 valence electrons. The first-order valence-corrected chi connectivity index (χ1v) is 6.54. The highest BCUT2D eigenvalue weighted by atomic mass is 16.5. The van der Waals surface area contributed by atoms with Crippen LogP contribution in [0.25, 0.3) is 0 Å². The third-order valence-corrected chi connectivity index (χ3v) is 2.85. The lowest BCUT2D eigenvalue weighted by atomic mass is 10.2. The fraction of sp³-hybridized carbons (Fsp3) is 0.400. The van der Waals surface area contributed by atoms with Crippen molar-refractivity contribution in [1.29, 1.82) is 0 Å². The molecule has 4 heteroatoms.